The smallest absolute Gasteiger partial charge is 0.252 e. The molecule has 2 nitrogen and oxygen atoms in total. The van der Waals surface area contributed by atoms with Crippen molar-refractivity contribution in [1.29, 1.82) is 0 Å². The van der Waals surface area contributed by atoms with Crippen LogP contribution in [-0.2, 0) is 0 Å². The Morgan fingerprint density at radius 2 is 1.61 bits per heavy atom. The van der Waals surface area contributed by atoms with Crippen molar-refractivity contribution in [3.63, 3.8) is 0 Å². The Morgan fingerprint density at radius 3 is 2.17 bits per heavy atom. The van der Waals surface area contributed by atoms with Crippen LogP contribution in [0.25, 0.3) is 0 Å². The van der Waals surface area contributed by atoms with Gasteiger partial charge in [-0.15, -0.1) is 0 Å². The van der Waals surface area contributed by atoms with Gasteiger partial charge in [0.1, 0.15) is 0 Å². The zero-order valence-corrected chi connectivity index (χ0v) is 10.8. The Labute approximate surface area is 115 Å². The van der Waals surface area contributed by atoms with Gasteiger partial charge in [-0.1, -0.05) is 23.7 Å². The minimum absolute atomic E-state index is 0.460. The van der Waals surface area contributed by atoms with Crippen LogP contribution in [0.4, 0.5) is 5.69 Å². The number of benzene rings is 2. The summed E-state index contributed by atoms with van der Waals surface area (Å²) >= 11 is 11.1. The highest BCUT2D eigenvalue weighted by atomic mass is 35.5. The molecule has 4 heteroatoms. The van der Waals surface area contributed by atoms with E-state index in [1.165, 1.54) is 0 Å². The van der Waals surface area contributed by atoms with Crippen molar-refractivity contribution in [1.82, 2.24) is 0 Å². The first-order chi connectivity index (χ1) is 8.65. The van der Waals surface area contributed by atoms with Crippen LogP contribution in [0.2, 0.25) is 5.02 Å². The second-order valence-electron chi connectivity index (χ2n) is 3.63. The van der Waals surface area contributed by atoms with Gasteiger partial charge in [0.2, 0.25) is 0 Å². The van der Waals surface area contributed by atoms with Gasteiger partial charge >= 0.3 is 0 Å². The highest BCUT2D eigenvalue weighted by molar-refractivity contribution is 6.67. The fourth-order valence-corrected chi connectivity index (χ4v) is 1.63. The maximum atomic E-state index is 10.9. The number of nitrogens with zero attached hydrogens (tertiary/aromatic N) is 1. The zero-order valence-electron chi connectivity index (χ0n) is 9.31. The van der Waals surface area contributed by atoms with Gasteiger partial charge in [0.05, 0.1) is 5.69 Å². The van der Waals surface area contributed by atoms with E-state index in [9.17, 15) is 4.79 Å². The summed E-state index contributed by atoms with van der Waals surface area (Å²) in [5.41, 5.74) is 2.17. The number of aliphatic imine (C=N–C) groups is 1. The third-order valence-corrected chi connectivity index (χ3v) is 2.80. The number of carbonyl (C=O) groups is 1. The highest BCUT2D eigenvalue weighted by Gasteiger charge is 1.99. The SMILES string of the molecule is O=C(Cl)c1ccc(N=Cc2ccc(Cl)cc2)cc1. The predicted octanol–water partition coefficient (Wildman–Crippen LogP) is 4.47. The van der Waals surface area contributed by atoms with Crippen molar-refractivity contribution in [2.24, 2.45) is 4.99 Å². The van der Waals surface area contributed by atoms with E-state index in [0.717, 1.165) is 11.3 Å². The Morgan fingerprint density at radius 1 is 1.00 bits per heavy atom. The van der Waals surface area contributed by atoms with Crippen LogP contribution in [0.15, 0.2) is 53.5 Å². The Kier molecular flexibility index (Phi) is 4.13. The fourth-order valence-electron chi connectivity index (χ4n) is 1.38. The molecule has 0 radical (unpaired) electrons. The van der Waals surface area contributed by atoms with Gasteiger partial charge < -0.3 is 0 Å². The molecule has 2 rings (SSSR count). The first kappa shape index (κ1) is 12.8. The number of rotatable bonds is 3. The van der Waals surface area contributed by atoms with Gasteiger partial charge in [0, 0.05) is 16.8 Å². The summed E-state index contributed by atoms with van der Waals surface area (Å²) in [6.07, 6.45) is 1.73. The predicted molar refractivity (Wildman–Crippen MR) is 75.3 cm³/mol. The molecule has 0 aliphatic heterocycles. The molecule has 0 bridgehead atoms. The molecular formula is C14H9Cl2NO. The van der Waals surface area contributed by atoms with E-state index in [1.54, 1.807) is 42.6 Å². The average Bonchev–Trinajstić information content (AvgIpc) is 2.38. The molecule has 0 amide bonds. The van der Waals surface area contributed by atoms with Crippen LogP contribution in [0.1, 0.15) is 15.9 Å². The molecule has 0 N–H and O–H groups in total. The topological polar surface area (TPSA) is 29.4 Å². The molecule has 18 heavy (non-hydrogen) atoms. The Hall–Kier alpha value is -1.64. The lowest BCUT2D eigenvalue weighted by molar-refractivity contribution is 0.108. The van der Waals surface area contributed by atoms with E-state index in [1.807, 2.05) is 12.1 Å². The van der Waals surface area contributed by atoms with Crippen LogP contribution in [0.3, 0.4) is 0 Å². The van der Waals surface area contributed by atoms with E-state index in [4.69, 9.17) is 23.2 Å². The van der Waals surface area contributed by atoms with Gasteiger partial charge in [-0.05, 0) is 53.6 Å². The van der Waals surface area contributed by atoms with Crippen molar-refractivity contribution < 1.29 is 4.79 Å². The van der Waals surface area contributed by atoms with Gasteiger partial charge in [0.25, 0.3) is 5.24 Å². The number of hydrogen-bond donors (Lipinski definition) is 0. The van der Waals surface area contributed by atoms with Crippen molar-refractivity contribution in [2.75, 3.05) is 0 Å². The molecule has 0 spiro atoms. The van der Waals surface area contributed by atoms with Crippen molar-refractivity contribution in [3.05, 3.63) is 64.7 Å². The maximum Gasteiger partial charge on any atom is 0.252 e. The lowest BCUT2D eigenvalue weighted by Crippen LogP contribution is -1.86. The van der Waals surface area contributed by atoms with Crippen LogP contribution in [-0.4, -0.2) is 11.5 Å². The highest BCUT2D eigenvalue weighted by Crippen LogP contribution is 2.15. The van der Waals surface area contributed by atoms with Crippen molar-refractivity contribution in [3.8, 4) is 0 Å². The minimum atomic E-state index is -0.469. The summed E-state index contributed by atoms with van der Waals surface area (Å²) in [5, 5.41) is 0.223. The van der Waals surface area contributed by atoms with E-state index in [-0.39, 0.29) is 0 Å². The summed E-state index contributed by atoms with van der Waals surface area (Å²) in [5.74, 6) is 0. The first-order valence-electron chi connectivity index (χ1n) is 5.25. The van der Waals surface area contributed by atoms with Gasteiger partial charge in [-0.3, -0.25) is 9.79 Å². The Bertz CT molecular complexity index is 574. The summed E-state index contributed by atoms with van der Waals surface area (Å²) in [4.78, 5) is 15.2. The number of hydrogen-bond acceptors (Lipinski definition) is 2. The lowest BCUT2D eigenvalue weighted by atomic mass is 10.2. The third kappa shape index (κ3) is 3.42. The second kappa shape index (κ2) is 5.80. The molecule has 0 aromatic heterocycles. The van der Waals surface area contributed by atoms with E-state index in [2.05, 4.69) is 4.99 Å². The molecule has 2 aromatic rings. The summed E-state index contributed by atoms with van der Waals surface area (Å²) in [7, 11) is 0. The van der Waals surface area contributed by atoms with Gasteiger partial charge in [0.15, 0.2) is 0 Å². The van der Waals surface area contributed by atoms with Crippen molar-refractivity contribution in [2.45, 2.75) is 0 Å². The van der Waals surface area contributed by atoms with E-state index >= 15 is 0 Å². The van der Waals surface area contributed by atoms with Crippen molar-refractivity contribution >= 4 is 40.3 Å². The fraction of sp³-hybridized carbons (Fsp3) is 0. The van der Waals surface area contributed by atoms with Crippen LogP contribution in [0.5, 0.6) is 0 Å². The van der Waals surface area contributed by atoms with Crippen LogP contribution < -0.4 is 0 Å². The lowest BCUT2D eigenvalue weighted by Gasteiger charge is -1.96. The molecule has 0 aliphatic rings. The molecule has 0 heterocycles. The number of halogens is 2. The molecular weight excluding hydrogens is 269 g/mol. The standard InChI is InChI=1S/C14H9Cl2NO/c15-12-5-1-10(2-6-12)9-17-13-7-3-11(4-8-13)14(16)18/h1-9H. The summed E-state index contributed by atoms with van der Waals surface area (Å²) < 4.78 is 0. The molecule has 0 saturated heterocycles. The molecule has 2 aromatic carbocycles. The Balaban J connectivity index is 2.13. The van der Waals surface area contributed by atoms with Gasteiger partial charge in [-0.2, -0.15) is 0 Å². The molecule has 90 valence electrons. The molecule has 0 unspecified atom stereocenters. The first-order valence-corrected chi connectivity index (χ1v) is 6.00. The minimum Gasteiger partial charge on any atom is -0.276 e. The largest absolute Gasteiger partial charge is 0.276 e. The molecule has 0 atom stereocenters. The normalized spacial score (nSPS) is 10.8. The van der Waals surface area contributed by atoms with E-state index in [0.29, 0.717) is 10.6 Å². The van der Waals surface area contributed by atoms with Crippen LogP contribution >= 0.6 is 23.2 Å². The average molecular weight is 278 g/mol. The molecule has 0 aliphatic carbocycles. The second-order valence-corrected chi connectivity index (χ2v) is 4.41. The quantitative estimate of drug-likeness (QED) is 0.601. The maximum absolute atomic E-state index is 10.9. The number of carbonyl (C=O) groups excluding carboxylic acids is 1. The van der Waals surface area contributed by atoms with E-state index < -0.39 is 5.24 Å². The third-order valence-electron chi connectivity index (χ3n) is 2.33. The zero-order chi connectivity index (χ0) is 13.0. The summed E-state index contributed by atoms with van der Waals surface area (Å²) in [6.45, 7) is 0. The van der Waals surface area contributed by atoms with Gasteiger partial charge in [-0.25, -0.2) is 0 Å². The molecule has 0 fully saturated rings. The van der Waals surface area contributed by atoms with Crippen LogP contribution in [0, 0.1) is 0 Å². The summed E-state index contributed by atoms with van der Waals surface area (Å²) in [6, 6.07) is 14.1. The monoisotopic (exact) mass is 277 g/mol. The molecule has 0 saturated carbocycles.